The van der Waals surface area contributed by atoms with Crippen molar-refractivity contribution < 1.29 is 34.1 Å². The number of fused-ring (bicyclic) bond motifs is 7. The van der Waals surface area contributed by atoms with E-state index < -0.39 is 28.9 Å². The van der Waals surface area contributed by atoms with Gasteiger partial charge in [0.2, 0.25) is 5.91 Å². The molecule has 0 heterocycles. The van der Waals surface area contributed by atoms with E-state index in [0.717, 1.165) is 56.9 Å². The van der Waals surface area contributed by atoms with Crippen LogP contribution >= 0.6 is 0 Å². The number of amides is 1. The number of carboxylic acids is 1. The van der Waals surface area contributed by atoms with Gasteiger partial charge in [0.05, 0.1) is 24.5 Å². The molecule has 4 saturated carbocycles. The normalized spacial score (nSPS) is 37.2. The van der Waals surface area contributed by atoms with E-state index in [-0.39, 0.29) is 70.3 Å². The molecule has 2 N–H and O–H groups in total. The van der Waals surface area contributed by atoms with E-state index in [1.54, 1.807) is 32.8 Å². The minimum Gasteiger partial charge on any atom is -0.481 e. The zero-order chi connectivity index (χ0) is 39.9. The Morgan fingerprint density at radius 3 is 2.09 bits per heavy atom. The predicted molar refractivity (Wildman–Crippen MR) is 207 cm³/mol. The van der Waals surface area contributed by atoms with Crippen molar-refractivity contribution >= 4 is 23.6 Å². The van der Waals surface area contributed by atoms with Gasteiger partial charge in [0.25, 0.3) is 0 Å². The first-order valence-electron chi connectivity index (χ1n) is 20.6. The molecule has 0 radical (unpaired) electrons. The highest BCUT2D eigenvalue weighted by molar-refractivity contribution is 6.00. The predicted octanol–water partition coefficient (Wildman–Crippen LogP) is 7.54. The number of aliphatic carboxylic acids is 1. The van der Waals surface area contributed by atoms with Gasteiger partial charge in [0, 0.05) is 43.9 Å². The standard InChI is InChI=1S/C44H72N2O7/c1-26(2)36-29(47)22-44(32(48)24-46(27(3)4)25-34(49)45(12)13)21-20-42(10)28(37(36)44)14-15-31-41(9)18-17-33(53-35(50)23-39(5,6)38(51)52)40(7,8)30(41)16-19-43(31,42)11/h26-28,30-33,48H,14-25H2,1-13H3,(H,51,52)/t28-,30+,31-,32+,33+,41+,42-,43-,44+/m1/s1. The summed E-state index contributed by atoms with van der Waals surface area (Å²) in [4.78, 5) is 55.5. The average Bonchev–Trinajstić information content (AvgIpc) is 3.35. The zero-order valence-corrected chi connectivity index (χ0v) is 35.4. The molecule has 9 nitrogen and oxygen atoms in total. The molecule has 0 saturated heterocycles. The van der Waals surface area contributed by atoms with E-state index >= 15 is 0 Å². The zero-order valence-electron chi connectivity index (χ0n) is 35.4. The number of aliphatic hydroxyl groups is 1. The van der Waals surface area contributed by atoms with Crippen molar-refractivity contribution in [2.24, 2.45) is 56.2 Å². The SMILES string of the molecule is CC(C)C1=C2[C@H]3CC[C@@H]4[C@@]5(C)CC[C@H](OC(=O)CC(C)(C)C(=O)O)C(C)(C)[C@@H]5CC[C@@]4(C)[C@]3(C)CC[C@@]2([C@@H](O)CN(CC(=O)N(C)C)C(C)C)CC1=O. The van der Waals surface area contributed by atoms with Gasteiger partial charge < -0.3 is 19.8 Å². The summed E-state index contributed by atoms with van der Waals surface area (Å²) in [6.07, 6.45) is 6.78. The molecule has 0 aromatic carbocycles. The fourth-order valence-corrected chi connectivity index (χ4v) is 13.1. The quantitative estimate of drug-likeness (QED) is 0.208. The van der Waals surface area contributed by atoms with E-state index in [1.165, 1.54) is 5.57 Å². The topological polar surface area (TPSA) is 124 Å². The molecular weight excluding hydrogens is 668 g/mol. The third-order valence-corrected chi connectivity index (χ3v) is 16.5. The van der Waals surface area contributed by atoms with Gasteiger partial charge in [0.15, 0.2) is 5.78 Å². The van der Waals surface area contributed by atoms with Crippen LogP contribution in [-0.4, -0.2) is 89.1 Å². The molecule has 0 unspecified atom stereocenters. The number of carboxylic acid groups (broad SMARTS) is 1. The minimum absolute atomic E-state index is 0.00797. The van der Waals surface area contributed by atoms with Crippen molar-refractivity contribution in [3.05, 3.63) is 11.1 Å². The Bertz CT molecular complexity index is 1510. The number of Topliss-reactive ketones (excluding diaryl/α,β-unsaturated/α-hetero) is 1. The molecule has 53 heavy (non-hydrogen) atoms. The van der Waals surface area contributed by atoms with Crippen molar-refractivity contribution in [3.8, 4) is 0 Å². The maximum absolute atomic E-state index is 14.1. The Labute approximate surface area is 320 Å². The van der Waals surface area contributed by atoms with Gasteiger partial charge in [-0.15, -0.1) is 0 Å². The van der Waals surface area contributed by atoms with Gasteiger partial charge in [-0.2, -0.15) is 0 Å². The summed E-state index contributed by atoms with van der Waals surface area (Å²) in [5, 5.41) is 22.0. The largest absolute Gasteiger partial charge is 0.481 e. The first-order chi connectivity index (χ1) is 24.3. The fourth-order valence-electron chi connectivity index (χ4n) is 13.1. The molecule has 5 aliphatic carbocycles. The molecule has 0 aliphatic heterocycles. The van der Waals surface area contributed by atoms with Crippen LogP contribution in [0.1, 0.15) is 140 Å². The molecule has 0 bridgehead atoms. The van der Waals surface area contributed by atoms with Crippen LogP contribution < -0.4 is 0 Å². The minimum atomic E-state index is -1.17. The number of esters is 1. The van der Waals surface area contributed by atoms with E-state index in [4.69, 9.17) is 4.74 Å². The molecule has 5 rings (SSSR count). The van der Waals surface area contributed by atoms with Crippen LogP contribution in [0, 0.1) is 56.2 Å². The van der Waals surface area contributed by atoms with Crippen LogP contribution in [0.3, 0.4) is 0 Å². The van der Waals surface area contributed by atoms with Gasteiger partial charge in [-0.25, -0.2) is 0 Å². The number of hydrogen-bond acceptors (Lipinski definition) is 7. The highest BCUT2D eigenvalue weighted by Crippen LogP contribution is 2.77. The highest BCUT2D eigenvalue weighted by atomic mass is 16.5. The van der Waals surface area contributed by atoms with Gasteiger partial charge >= 0.3 is 11.9 Å². The monoisotopic (exact) mass is 741 g/mol. The molecule has 0 aromatic rings. The Balaban J connectivity index is 1.46. The summed E-state index contributed by atoms with van der Waals surface area (Å²) in [6, 6.07) is 0.0673. The van der Waals surface area contributed by atoms with Crippen molar-refractivity contribution in [1.29, 1.82) is 0 Å². The van der Waals surface area contributed by atoms with Crippen LogP contribution in [0.4, 0.5) is 0 Å². The number of rotatable bonds is 11. The van der Waals surface area contributed by atoms with Crippen LogP contribution in [0.15, 0.2) is 11.1 Å². The van der Waals surface area contributed by atoms with Crippen LogP contribution in [0.25, 0.3) is 0 Å². The number of ether oxygens (including phenoxy) is 1. The van der Waals surface area contributed by atoms with Crippen molar-refractivity contribution in [2.75, 3.05) is 27.2 Å². The van der Waals surface area contributed by atoms with E-state index in [1.807, 2.05) is 0 Å². The van der Waals surface area contributed by atoms with Crippen LogP contribution in [0.5, 0.6) is 0 Å². The third kappa shape index (κ3) is 6.63. The Morgan fingerprint density at radius 2 is 1.53 bits per heavy atom. The number of carbonyl (C=O) groups is 4. The van der Waals surface area contributed by atoms with Crippen LogP contribution in [0.2, 0.25) is 0 Å². The lowest BCUT2D eigenvalue weighted by atomic mass is 9.33. The molecule has 4 fully saturated rings. The molecule has 9 atom stereocenters. The Kier molecular flexibility index (Phi) is 11.1. The third-order valence-electron chi connectivity index (χ3n) is 16.5. The summed E-state index contributed by atoms with van der Waals surface area (Å²) in [5.41, 5.74) is 0.159. The van der Waals surface area contributed by atoms with E-state index in [9.17, 15) is 29.4 Å². The lowest BCUT2D eigenvalue weighted by Gasteiger charge is -2.72. The average molecular weight is 741 g/mol. The number of carbonyl (C=O) groups excluding carboxylic acids is 3. The number of hydrogen-bond donors (Lipinski definition) is 2. The van der Waals surface area contributed by atoms with E-state index in [2.05, 4.69) is 67.2 Å². The molecule has 0 spiro atoms. The second kappa shape index (κ2) is 14.0. The summed E-state index contributed by atoms with van der Waals surface area (Å²) in [6.45, 7) is 24.2. The first kappa shape index (κ1) is 41.9. The maximum atomic E-state index is 14.1. The molecular formula is C44H72N2O7. The van der Waals surface area contributed by atoms with Crippen molar-refractivity contribution in [2.45, 2.75) is 159 Å². The molecule has 5 aliphatic rings. The second-order valence-electron chi connectivity index (χ2n) is 20.9. The lowest BCUT2D eigenvalue weighted by molar-refractivity contribution is -0.235. The fraction of sp³-hybridized carbons (Fsp3) is 0.864. The number of likely N-dealkylation sites (N-methyl/N-ethyl adjacent to an activating group) is 1. The molecule has 1 amide bonds. The van der Waals surface area contributed by atoms with Crippen LogP contribution in [-0.2, 0) is 23.9 Å². The van der Waals surface area contributed by atoms with Gasteiger partial charge in [-0.05, 0) is 125 Å². The highest BCUT2D eigenvalue weighted by Gasteiger charge is 2.71. The van der Waals surface area contributed by atoms with Crippen molar-refractivity contribution in [3.63, 3.8) is 0 Å². The molecule has 300 valence electrons. The smallest absolute Gasteiger partial charge is 0.309 e. The van der Waals surface area contributed by atoms with Gasteiger partial charge in [-0.1, -0.05) is 54.0 Å². The van der Waals surface area contributed by atoms with E-state index in [0.29, 0.717) is 24.8 Å². The van der Waals surface area contributed by atoms with Gasteiger partial charge in [0.1, 0.15) is 6.10 Å². The van der Waals surface area contributed by atoms with Crippen molar-refractivity contribution in [1.82, 2.24) is 9.80 Å². The first-order valence-corrected chi connectivity index (χ1v) is 20.6. The summed E-state index contributed by atoms with van der Waals surface area (Å²) < 4.78 is 6.16. The Hall–Kier alpha value is -2.26. The summed E-state index contributed by atoms with van der Waals surface area (Å²) >= 11 is 0. The molecule has 9 heteroatoms. The number of nitrogens with zero attached hydrogens (tertiary/aromatic N) is 2. The Morgan fingerprint density at radius 1 is 0.887 bits per heavy atom. The molecule has 0 aromatic heterocycles. The second-order valence-corrected chi connectivity index (χ2v) is 20.9. The van der Waals surface area contributed by atoms with Gasteiger partial charge in [-0.3, -0.25) is 24.1 Å². The number of aliphatic hydroxyl groups excluding tert-OH is 1. The number of allylic oxidation sites excluding steroid dienone is 1. The maximum Gasteiger partial charge on any atom is 0.309 e. The number of ketones is 1. The summed E-state index contributed by atoms with van der Waals surface area (Å²) in [5.74, 6) is -0.134. The summed E-state index contributed by atoms with van der Waals surface area (Å²) in [7, 11) is 3.53. The lowest BCUT2D eigenvalue weighted by Crippen LogP contribution is -2.66.